The molecule has 0 amide bonds. The fourth-order valence-corrected chi connectivity index (χ4v) is 4.40. The minimum atomic E-state index is -0.954. The number of benzene rings is 1. The molecule has 1 fully saturated rings. The van der Waals surface area contributed by atoms with Crippen LogP contribution in [0.4, 0.5) is 0 Å². The Labute approximate surface area is 172 Å². The third kappa shape index (κ3) is 5.56. The normalized spacial score (nSPS) is 18.6. The van der Waals surface area contributed by atoms with Gasteiger partial charge in [0.1, 0.15) is 5.60 Å². The summed E-state index contributed by atoms with van der Waals surface area (Å²) in [6.07, 6.45) is 2.53. The first-order valence-electron chi connectivity index (χ1n) is 10.2. The van der Waals surface area contributed by atoms with Crippen molar-refractivity contribution in [3.8, 4) is 0 Å². The maximum absolute atomic E-state index is 10.8. The zero-order valence-electron chi connectivity index (χ0n) is 16.9. The van der Waals surface area contributed by atoms with Gasteiger partial charge in [0.15, 0.2) is 5.96 Å². The van der Waals surface area contributed by atoms with Gasteiger partial charge in [-0.15, -0.1) is 11.3 Å². The number of aliphatic hydroxyl groups is 1. The highest BCUT2D eigenvalue weighted by Crippen LogP contribution is 2.26. The summed E-state index contributed by atoms with van der Waals surface area (Å²) in [6.45, 7) is 8.06. The fraction of sp³-hybridized carbons (Fsp3) is 0.500. The molecule has 0 aliphatic carbocycles. The van der Waals surface area contributed by atoms with Crippen LogP contribution in [0.2, 0.25) is 0 Å². The second-order valence-corrected chi connectivity index (χ2v) is 8.44. The van der Waals surface area contributed by atoms with Crippen LogP contribution in [-0.2, 0) is 5.60 Å². The molecule has 2 aromatic rings. The first-order chi connectivity index (χ1) is 13.6. The molecular formula is C22H32N4OS. The first-order valence-corrected chi connectivity index (χ1v) is 11.1. The van der Waals surface area contributed by atoms with Gasteiger partial charge in [0.05, 0.1) is 12.6 Å². The largest absolute Gasteiger partial charge is 0.383 e. The third-order valence-corrected chi connectivity index (χ3v) is 6.29. The Morgan fingerprint density at radius 1 is 1.18 bits per heavy atom. The molecule has 0 bridgehead atoms. The zero-order chi connectivity index (χ0) is 19.8. The summed E-state index contributed by atoms with van der Waals surface area (Å²) >= 11 is 1.56. The van der Waals surface area contributed by atoms with E-state index in [1.54, 1.807) is 11.3 Å². The Balaban J connectivity index is 1.68. The predicted molar refractivity (Wildman–Crippen MR) is 118 cm³/mol. The summed E-state index contributed by atoms with van der Waals surface area (Å²) < 4.78 is 0. The average molecular weight is 401 g/mol. The topological polar surface area (TPSA) is 59.9 Å². The Kier molecular flexibility index (Phi) is 7.48. The standard InChI is InChI=1S/C22H32N4OS/c1-3-23-21(25-17-22(2,27)20-12-9-15-28-20)24-16-19(26-13-7-8-14-26)18-10-5-4-6-11-18/h4-6,9-12,15,19,27H,3,7-8,13-14,16-17H2,1-2H3,(H2,23,24,25). The summed E-state index contributed by atoms with van der Waals surface area (Å²) in [5.41, 5.74) is 0.378. The van der Waals surface area contributed by atoms with E-state index in [2.05, 4.69) is 57.8 Å². The molecule has 2 heterocycles. The summed E-state index contributed by atoms with van der Waals surface area (Å²) in [5, 5.41) is 19.6. The highest BCUT2D eigenvalue weighted by atomic mass is 32.1. The molecular weight excluding hydrogens is 368 g/mol. The maximum atomic E-state index is 10.8. The Morgan fingerprint density at radius 2 is 1.93 bits per heavy atom. The minimum Gasteiger partial charge on any atom is -0.383 e. The molecule has 1 aliphatic rings. The van der Waals surface area contributed by atoms with E-state index in [0.717, 1.165) is 37.0 Å². The Bertz CT molecular complexity index is 724. The van der Waals surface area contributed by atoms with Crippen molar-refractivity contribution in [1.29, 1.82) is 0 Å². The van der Waals surface area contributed by atoms with Gasteiger partial charge in [-0.3, -0.25) is 4.90 Å². The SMILES string of the molecule is CCNC(=NCC(C)(O)c1cccs1)NCC(c1ccccc1)N1CCCC1. The van der Waals surface area contributed by atoms with Crippen molar-refractivity contribution >= 4 is 17.3 Å². The van der Waals surface area contributed by atoms with Crippen molar-refractivity contribution in [2.45, 2.75) is 38.3 Å². The number of thiophene rings is 1. The van der Waals surface area contributed by atoms with Gasteiger partial charge in [0.25, 0.3) is 0 Å². The lowest BCUT2D eigenvalue weighted by Crippen LogP contribution is -2.43. The second kappa shape index (κ2) is 10.0. The predicted octanol–water partition coefficient (Wildman–Crippen LogP) is 3.35. The number of guanidine groups is 1. The molecule has 152 valence electrons. The van der Waals surface area contributed by atoms with Crippen LogP contribution in [0, 0.1) is 0 Å². The molecule has 0 spiro atoms. The van der Waals surface area contributed by atoms with E-state index in [0.29, 0.717) is 12.6 Å². The van der Waals surface area contributed by atoms with E-state index in [1.165, 1.54) is 18.4 Å². The van der Waals surface area contributed by atoms with Crippen LogP contribution < -0.4 is 10.6 Å². The van der Waals surface area contributed by atoms with Crippen molar-refractivity contribution < 1.29 is 5.11 Å². The molecule has 1 aromatic carbocycles. The van der Waals surface area contributed by atoms with Gasteiger partial charge in [0.2, 0.25) is 0 Å². The number of rotatable bonds is 8. The number of nitrogens with one attached hydrogen (secondary N) is 2. The molecule has 2 unspecified atom stereocenters. The number of likely N-dealkylation sites (tertiary alicyclic amines) is 1. The van der Waals surface area contributed by atoms with Crippen molar-refractivity contribution in [3.05, 3.63) is 58.3 Å². The van der Waals surface area contributed by atoms with Gasteiger partial charge in [-0.25, -0.2) is 4.99 Å². The van der Waals surface area contributed by atoms with E-state index in [4.69, 9.17) is 0 Å². The van der Waals surface area contributed by atoms with Crippen molar-refractivity contribution in [3.63, 3.8) is 0 Å². The molecule has 1 aliphatic heterocycles. The van der Waals surface area contributed by atoms with Crippen molar-refractivity contribution in [1.82, 2.24) is 15.5 Å². The summed E-state index contributed by atoms with van der Waals surface area (Å²) in [7, 11) is 0. The highest BCUT2D eigenvalue weighted by Gasteiger charge is 2.25. The molecule has 3 rings (SSSR count). The van der Waals surface area contributed by atoms with Crippen LogP contribution >= 0.6 is 11.3 Å². The van der Waals surface area contributed by atoms with Crippen molar-refractivity contribution in [2.24, 2.45) is 4.99 Å². The third-order valence-electron chi connectivity index (χ3n) is 5.17. The van der Waals surface area contributed by atoms with Gasteiger partial charge < -0.3 is 15.7 Å². The molecule has 0 radical (unpaired) electrons. The van der Waals surface area contributed by atoms with Crippen LogP contribution in [0.15, 0.2) is 52.8 Å². The van der Waals surface area contributed by atoms with Gasteiger partial charge >= 0.3 is 0 Å². The summed E-state index contributed by atoms with van der Waals surface area (Å²) in [5.74, 6) is 0.749. The summed E-state index contributed by atoms with van der Waals surface area (Å²) in [4.78, 5) is 8.15. The van der Waals surface area contributed by atoms with E-state index < -0.39 is 5.60 Å². The molecule has 5 nitrogen and oxygen atoms in total. The lowest BCUT2D eigenvalue weighted by atomic mass is 10.1. The molecule has 6 heteroatoms. The first kappa shape index (κ1) is 20.8. The molecule has 1 saturated heterocycles. The number of nitrogens with zero attached hydrogens (tertiary/aromatic N) is 2. The van der Waals surface area contributed by atoms with Crippen LogP contribution in [0.25, 0.3) is 0 Å². The van der Waals surface area contributed by atoms with Gasteiger partial charge in [0, 0.05) is 18.0 Å². The second-order valence-electron chi connectivity index (χ2n) is 7.50. The van der Waals surface area contributed by atoms with Gasteiger partial charge in [-0.05, 0) is 56.8 Å². The van der Waals surface area contributed by atoms with E-state index in [-0.39, 0.29) is 0 Å². The summed E-state index contributed by atoms with van der Waals surface area (Å²) in [6, 6.07) is 14.9. The number of hydrogen-bond acceptors (Lipinski definition) is 4. The van der Waals surface area contributed by atoms with Crippen LogP contribution in [0.1, 0.15) is 43.2 Å². The monoisotopic (exact) mass is 400 g/mol. The van der Waals surface area contributed by atoms with Crippen LogP contribution in [-0.4, -0.2) is 48.7 Å². The number of aliphatic imine (C=N–C) groups is 1. The molecule has 0 saturated carbocycles. The smallest absolute Gasteiger partial charge is 0.191 e. The Morgan fingerprint density at radius 3 is 2.57 bits per heavy atom. The lowest BCUT2D eigenvalue weighted by Gasteiger charge is -2.29. The van der Waals surface area contributed by atoms with Gasteiger partial charge in [-0.2, -0.15) is 0 Å². The average Bonchev–Trinajstić information content (AvgIpc) is 3.41. The van der Waals surface area contributed by atoms with E-state index >= 15 is 0 Å². The Hall–Kier alpha value is -1.89. The molecule has 2 atom stereocenters. The van der Waals surface area contributed by atoms with Crippen LogP contribution in [0.5, 0.6) is 0 Å². The van der Waals surface area contributed by atoms with E-state index in [9.17, 15) is 5.11 Å². The minimum absolute atomic E-state index is 0.322. The number of hydrogen-bond donors (Lipinski definition) is 3. The van der Waals surface area contributed by atoms with E-state index in [1.807, 2.05) is 24.4 Å². The highest BCUT2D eigenvalue weighted by molar-refractivity contribution is 7.10. The quantitative estimate of drug-likeness (QED) is 0.470. The van der Waals surface area contributed by atoms with Crippen LogP contribution in [0.3, 0.4) is 0 Å². The maximum Gasteiger partial charge on any atom is 0.191 e. The molecule has 3 N–H and O–H groups in total. The van der Waals surface area contributed by atoms with Crippen molar-refractivity contribution in [2.75, 3.05) is 32.7 Å². The van der Waals surface area contributed by atoms with Gasteiger partial charge in [-0.1, -0.05) is 36.4 Å². The lowest BCUT2D eigenvalue weighted by molar-refractivity contribution is 0.0711. The zero-order valence-corrected chi connectivity index (χ0v) is 17.7. The molecule has 1 aromatic heterocycles. The fourth-order valence-electron chi connectivity index (χ4n) is 3.62. The molecule has 28 heavy (non-hydrogen) atoms.